The Morgan fingerprint density at radius 3 is 2.86 bits per heavy atom. The Morgan fingerprint density at radius 2 is 2.36 bits per heavy atom. The molecular formula is C9H12N2O2S. The molecule has 0 radical (unpaired) electrons. The number of carboxylic acids is 1. The summed E-state index contributed by atoms with van der Waals surface area (Å²) in [5.74, 6) is 4.44. The SMILES string of the molecule is CSc1cccc(NN)c1CC(=O)O. The fourth-order valence-corrected chi connectivity index (χ4v) is 1.87. The van der Waals surface area contributed by atoms with Crippen LogP contribution < -0.4 is 11.3 Å². The molecule has 4 N–H and O–H groups in total. The smallest absolute Gasteiger partial charge is 0.307 e. The van der Waals surface area contributed by atoms with Crippen molar-refractivity contribution in [3.8, 4) is 0 Å². The van der Waals surface area contributed by atoms with E-state index in [2.05, 4.69) is 5.43 Å². The number of carbonyl (C=O) groups is 1. The highest BCUT2D eigenvalue weighted by Crippen LogP contribution is 2.26. The second-order valence-corrected chi connectivity index (χ2v) is 3.55. The standard InChI is InChI=1S/C9H12N2O2S/c1-14-8-4-2-3-7(11-10)6(8)5-9(12)13/h2-4,11H,5,10H2,1H3,(H,12,13). The lowest BCUT2D eigenvalue weighted by molar-refractivity contribution is -0.136. The highest BCUT2D eigenvalue weighted by atomic mass is 32.2. The molecule has 0 saturated carbocycles. The van der Waals surface area contributed by atoms with Gasteiger partial charge in [-0.1, -0.05) is 6.07 Å². The van der Waals surface area contributed by atoms with Crippen LogP contribution in [0.2, 0.25) is 0 Å². The van der Waals surface area contributed by atoms with Crippen molar-refractivity contribution in [2.45, 2.75) is 11.3 Å². The van der Waals surface area contributed by atoms with Gasteiger partial charge in [-0.15, -0.1) is 11.8 Å². The maximum absolute atomic E-state index is 10.6. The van der Waals surface area contributed by atoms with Crippen molar-refractivity contribution in [3.05, 3.63) is 23.8 Å². The van der Waals surface area contributed by atoms with Crippen molar-refractivity contribution in [2.24, 2.45) is 5.84 Å². The largest absolute Gasteiger partial charge is 0.481 e. The van der Waals surface area contributed by atoms with Crippen LogP contribution in [0.3, 0.4) is 0 Å². The quantitative estimate of drug-likeness (QED) is 0.399. The lowest BCUT2D eigenvalue weighted by atomic mass is 10.1. The monoisotopic (exact) mass is 212 g/mol. The highest BCUT2D eigenvalue weighted by Gasteiger charge is 2.10. The molecule has 0 aliphatic carbocycles. The number of hydrazine groups is 1. The number of benzene rings is 1. The maximum atomic E-state index is 10.6. The first-order valence-electron chi connectivity index (χ1n) is 4.03. The van der Waals surface area contributed by atoms with Crippen molar-refractivity contribution in [3.63, 3.8) is 0 Å². The zero-order valence-electron chi connectivity index (χ0n) is 7.78. The Kier molecular flexibility index (Phi) is 3.79. The zero-order chi connectivity index (χ0) is 10.6. The van der Waals surface area contributed by atoms with Gasteiger partial charge in [-0.2, -0.15) is 0 Å². The van der Waals surface area contributed by atoms with Gasteiger partial charge < -0.3 is 10.5 Å². The number of aliphatic carboxylic acids is 1. The molecule has 0 spiro atoms. The first kappa shape index (κ1) is 10.9. The molecule has 5 heteroatoms. The number of nitrogen functional groups attached to an aromatic ring is 1. The lowest BCUT2D eigenvalue weighted by Crippen LogP contribution is -2.12. The van der Waals surface area contributed by atoms with E-state index in [1.807, 2.05) is 18.4 Å². The second kappa shape index (κ2) is 4.88. The van der Waals surface area contributed by atoms with Gasteiger partial charge in [-0.25, -0.2) is 0 Å². The van der Waals surface area contributed by atoms with Crippen molar-refractivity contribution in [1.29, 1.82) is 0 Å². The normalized spacial score (nSPS) is 9.86. The Morgan fingerprint density at radius 1 is 1.64 bits per heavy atom. The van der Waals surface area contributed by atoms with E-state index in [0.717, 1.165) is 10.5 Å². The van der Waals surface area contributed by atoms with Crippen LogP contribution in [0, 0.1) is 0 Å². The van der Waals surface area contributed by atoms with E-state index in [0.29, 0.717) is 5.69 Å². The predicted octanol–water partition coefficient (Wildman–Crippen LogP) is 1.32. The molecule has 1 aromatic carbocycles. The molecule has 1 rings (SSSR count). The average Bonchev–Trinajstić information content (AvgIpc) is 2.17. The first-order valence-corrected chi connectivity index (χ1v) is 5.25. The van der Waals surface area contributed by atoms with Crippen LogP contribution in [0.5, 0.6) is 0 Å². The summed E-state index contributed by atoms with van der Waals surface area (Å²) in [4.78, 5) is 11.6. The van der Waals surface area contributed by atoms with Gasteiger partial charge in [0.05, 0.1) is 12.1 Å². The maximum Gasteiger partial charge on any atom is 0.307 e. The molecule has 0 unspecified atom stereocenters. The van der Waals surface area contributed by atoms with Crippen LogP contribution in [0.15, 0.2) is 23.1 Å². The molecule has 0 aromatic heterocycles. The number of thioether (sulfide) groups is 1. The number of hydrogen-bond acceptors (Lipinski definition) is 4. The van der Waals surface area contributed by atoms with Gasteiger partial charge in [-0.3, -0.25) is 10.6 Å². The van der Waals surface area contributed by atoms with Crippen molar-refractivity contribution in [1.82, 2.24) is 0 Å². The van der Waals surface area contributed by atoms with E-state index in [1.165, 1.54) is 11.8 Å². The molecule has 14 heavy (non-hydrogen) atoms. The fourth-order valence-electron chi connectivity index (χ4n) is 1.23. The summed E-state index contributed by atoms with van der Waals surface area (Å²) >= 11 is 1.51. The van der Waals surface area contributed by atoms with Gasteiger partial charge in [0.15, 0.2) is 0 Å². The van der Waals surface area contributed by atoms with Crippen molar-refractivity contribution < 1.29 is 9.90 Å². The van der Waals surface area contributed by atoms with Gasteiger partial charge in [0.1, 0.15) is 0 Å². The topological polar surface area (TPSA) is 75.3 Å². The summed E-state index contributed by atoms with van der Waals surface area (Å²) in [6.45, 7) is 0. The third kappa shape index (κ3) is 2.40. The molecule has 0 heterocycles. The third-order valence-corrected chi connectivity index (χ3v) is 2.66. The summed E-state index contributed by atoms with van der Waals surface area (Å²) in [5.41, 5.74) is 3.90. The summed E-state index contributed by atoms with van der Waals surface area (Å²) in [7, 11) is 0. The summed E-state index contributed by atoms with van der Waals surface area (Å²) in [5, 5.41) is 8.73. The average molecular weight is 212 g/mol. The Bertz CT molecular complexity index is 319. The minimum atomic E-state index is -0.858. The predicted molar refractivity (Wildman–Crippen MR) is 57.4 cm³/mol. The molecule has 0 amide bonds. The van der Waals surface area contributed by atoms with Crippen LogP contribution in [0.25, 0.3) is 0 Å². The number of hydrogen-bond donors (Lipinski definition) is 3. The lowest BCUT2D eigenvalue weighted by Gasteiger charge is -2.10. The Balaban J connectivity index is 3.12. The van der Waals surface area contributed by atoms with Crippen LogP contribution in [-0.4, -0.2) is 17.3 Å². The molecule has 0 aliphatic heterocycles. The molecule has 4 nitrogen and oxygen atoms in total. The molecule has 0 aliphatic rings. The fraction of sp³-hybridized carbons (Fsp3) is 0.222. The number of anilines is 1. The van der Waals surface area contributed by atoms with E-state index in [-0.39, 0.29) is 6.42 Å². The van der Waals surface area contributed by atoms with Crippen LogP contribution in [0.1, 0.15) is 5.56 Å². The van der Waals surface area contributed by atoms with Crippen LogP contribution >= 0.6 is 11.8 Å². The van der Waals surface area contributed by atoms with E-state index in [4.69, 9.17) is 10.9 Å². The summed E-state index contributed by atoms with van der Waals surface area (Å²) < 4.78 is 0. The molecule has 76 valence electrons. The van der Waals surface area contributed by atoms with Gasteiger partial charge in [0, 0.05) is 10.5 Å². The number of nitrogens with two attached hydrogens (primary N) is 1. The third-order valence-electron chi connectivity index (χ3n) is 1.84. The zero-order valence-corrected chi connectivity index (χ0v) is 8.60. The number of nitrogens with one attached hydrogen (secondary N) is 1. The van der Waals surface area contributed by atoms with Gasteiger partial charge >= 0.3 is 5.97 Å². The molecule has 0 saturated heterocycles. The van der Waals surface area contributed by atoms with Crippen molar-refractivity contribution >= 4 is 23.4 Å². The molecular weight excluding hydrogens is 200 g/mol. The molecule has 0 fully saturated rings. The first-order chi connectivity index (χ1) is 6.69. The minimum absolute atomic E-state index is 0.0173. The van der Waals surface area contributed by atoms with E-state index >= 15 is 0 Å². The number of rotatable bonds is 4. The van der Waals surface area contributed by atoms with E-state index < -0.39 is 5.97 Å². The van der Waals surface area contributed by atoms with Gasteiger partial charge in [0.2, 0.25) is 0 Å². The van der Waals surface area contributed by atoms with Crippen molar-refractivity contribution in [2.75, 3.05) is 11.7 Å². The van der Waals surface area contributed by atoms with E-state index in [9.17, 15) is 4.79 Å². The molecule has 0 atom stereocenters. The number of carboxylic acid groups (broad SMARTS) is 1. The molecule has 0 bridgehead atoms. The van der Waals surface area contributed by atoms with Gasteiger partial charge in [0.25, 0.3) is 0 Å². The van der Waals surface area contributed by atoms with Gasteiger partial charge in [-0.05, 0) is 18.4 Å². The van der Waals surface area contributed by atoms with Crippen LogP contribution in [0.4, 0.5) is 5.69 Å². The summed E-state index contributed by atoms with van der Waals surface area (Å²) in [6, 6.07) is 5.48. The minimum Gasteiger partial charge on any atom is -0.481 e. The van der Waals surface area contributed by atoms with Crippen LogP contribution in [-0.2, 0) is 11.2 Å². The Hall–Kier alpha value is -1.20. The summed E-state index contributed by atoms with van der Waals surface area (Å²) in [6.07, 6.45) is 1.89. The Labute approximate surface area is 86.5 Å². The second-order valence-electron chi connectivity index (χ2n) is 2.70. The molecule has 1 aromatic rings. The highest BCUT2D eigenvalue weighted by molar-refractivity contribution is 7.98. The van der Waals surface area contributed by atoms with E-state index in [1.54, 1.807) is 6.07 Å².